The van der Waals surface area contributed by atoms with Crippen molar-refractivity contribution in [2.24, 2.45) is 0 Å². The monoisotopic (exact) mass is 784 g/mol. The highest BCUT2D eigenvalue weighted by atomic mass is 16.3. The van der Waals surface area contributed by atoms with Crippen LogP contribution in [0.25, 0.3) is 110 Å². The fourth-order valence-electron chi connectivity index (χ4n) is 9.74. The summed E-state index contributed by atoms with van der Waals surface area (Å²) in [5, 5.41) is 12.2. The lowest BCUT2D eigenvalue weighted by molar-refractivity contribution is 0.664. The summed E-state index contributed by atoms with van der Waals surface area (Å²) in [6.07, 6.45) is -0.111. The van der Waals surface area contributed by atoms with Crippen molar-refractivity contribution in [2.75, 3.05) is 10.2 Å². The first kappa shape index (κ1) is 32.7. The number of benzene rings is 9. The molecule has 13 aromatic rings. The van der Waals surface area contributed by atoms with E-state index in [-0.39, 0.29) is 6.17 Å². The van der Waals surface area contributed by atoms with Crippen molar-refractivity contribution < 1.29 is 17.7 Å². The second-order valence-corrected chi connectivity index (χ2v) is 16.1. The van der Waals surface area contributed by atoms with Crippen molar-refractivity contribution in [3.8, 4) is 22.3 Å². The van der Waals surface area contributed by atoms with E-state index in [0.29, 0.717) is 0 Å². The van der Waals surface area contributed by atoms with Crippen molar-refractivity contribution >= 4 is 105 Å². The number of fused-ring (bicyclic) bond motifs is 13. The maximum absolute atomic E-state index is 6.51. The van der Waals surface area contributed by atoms with Crippen molar-refractivity contribution in [3.63, 3.8) is 0 Å². The minimum absolute atomic E-state index is 0.111. The lowest BCUT2D eigenvalue weighted by atomic mass is 9.95. The fraction of sp³-hybridized carbons (Fsp3) is 0.0182. The minimum Gasteiger partial charge on any atom is -0.456 e. The zero-order valence-electron chi connectivity index (χ0n) is 32.5. The van der Waals surface area contributed by atoms with Crippen LogP contribution in [0.4, 0.5) is 17.1 Å². The van der Waals surface area contributed by atoms with Gasteiger partial charge in [0.05, 0.1) is 11.4 Å². The normalized spacial score (nSPS) is 14.2. The van der Waals surface area contributed by atoms with E-state index in [4.69, 9.17) is 17.7 Å². The van der Waals surface area contributed by atoms with Gasteiger partial charge in [0.1, 0.15) is 50.8 Å². The number of anilines is 3. The van der Waals surface area contributed by atoms with Crippen LogP contribution in [0.2, 0.25) is 0 Å². The van der Waals surface area contributed by atoms with Crippen LogP contribution in [0, 0.1) is 0 Å². The van der Waals surface area contributed by atoms with Crippen LogP contribution in [0.5, 0.6) is 0 Å². The van der Waals surface area contributed by atoms with E-state index in [1.807, 2.05) is 36.4 Å². The summed E-state index contributed by atoms with van der Waals surface area (Å²) in [6, 6.07) is 64.0. The maximum Gasteiger partial charge on any atom is 0.136 e. The summed E-state index contributed by atoms with van der Waals surface area (Å²) in [5.74, 6) is 0. The van der Waals surface area contributed by atoms with Gasteiger partial charge in [0.25, 0.3) is 0 Å². The molecule has 4 aromatic heterocycles. The molecule has 0 saturated carbocycles. The summed E-state index contributed by atoms with van der Waals surface area (Å²) in [6.45, 7) is 0. The number of hydrogen-bond donors (Lipinski definition) is 1. The number of hydrogen-bond acceptors (Lipinski definition) is 6. The van der Waals surface area contributed by atoms with Gasteiger partial charge in [0.2, 0.25) is 0 Å². The number of para-hydroxylation sites is 4. The Morgan fingerprint density at radius 3 is 1.33 bits per heavy atom. The van der Waals surface area contributed by atoms with Crippen molar-refractivity contribution in [3.05, 3.63) is 188 Å². The van der Waals surface area contributed by atoms with Crippen LogP contribution in [-0.2, 0) is 0 Å². The molecule has 1 aliphatic heterocycles. The molecule has 0 bridgehead atoms. The van der Waals surface area contributed by atoms with Crippen LogP contribution >= 0.6 is 0 Å². The topological polar surface area (TPSA) is 67.8 Å². The fourth-order valence-corrected chi connectivity index (χ4v) is 9.74. The third kappa shape index (κ3) is 4.84. The molecule has 14 rings (SSSR count). The van der Waals surface area contributed by atoms with Gasteiger partial charge in [-0.25, -0.2) is 0 Å². The summed E-state index contributed by atoms with van der Waals surface area (Å²) in [4.78, 5) is 2.42. The summed E-state index contributed by atoms with van der Waals surface area (Å²) in [7, 11) is 0. The molecule has 6 heteroatoms. The molecular weight excluding hydrogens is 753 g/mol. The predicted molar refractivity (Wildman–Crippen MR) is 248 cm³/mol. The third-order valence-electron chi connectivity index (χ3n) is 12.6. The maximum atomic E-state index is 6.51. The van der Waals surface area contributed by atoms with Gasteiger partial charge in [-0.15, -0.1) is 0 Å². The van der Waals surface area contributed by atoms with Gasteiger partial charge in [0.15, 0.2) is 0 Å². The molecule has 1 atom stereocenters. The highest BCUT2D eigenvalue weighted by Crippen LogP contribution is 2.48. The van der Waals surface area contributed by atoms with Crippen LogP contribution in [0.15, 0.2) is 200 Å². The molecule has 286 valence electrons. The molecule has 5 heterocycles. The lowest BCUT2D eigenvalue weighted by Crippen LogP contribution is -2.23. The first-order valence-electron chi connectivity index (χ1n) is 20.6. The molecule has 0 spiro atoms. The molecule has 9 aromatic carbocycles. The largest absolute Gasteiger partial charge is 0.456 e. The Balaban J connectivity index is 0.979. The standard InChI is InChI=1S/C55H32N2O4/c1-2-10-31(11-3-1)55-56-45-14-6-7-15-46(45)57(55)36-23-34(32-18-20-49-39(25-32)43-29-51-41(27-53(43)60-49)37-12-4-8-16-47(37)58-51)22-35(24-36)33-19-21-50-40(26-33)44-30-52-42(28-54(44)61-50)38-13-5-9-17-48(38)59-52/h1-30,55-56H. The predicted octanol–water partition coefficient (Wildman–Crippen LogP) is 15.9. The summed E-state index contributed by atoms with van der Waals surface area (Å²) >= 11 is 0. The van der Waals surface area contributed by atoms with E-state index >= 15 is 0 Å². The molecule has 0 fully saturated rings. The van der Waals surface area contributed by atoms with Crippen molar-refractivity contribution in [2.45, 2.75) is 6.17 Å². The minimum atomic E-state index is -0.111. The second kappa shape index (κ2) is 12.2. The molecule has 0 aliphatic carbocycles. The Morgan fingerprint density at radius 1 is 0.328 bits per heavy atom. The van der Waals surface area contributed by atoms with Gasteiger partial charge >= 0.3 is 0 Å². The van der Waals surface area contributed by atoms with Gasteiger partial charge in [-0.3, -0.25) is 0 Å². The van der Waals surface area contributed by atoms with Gasteiger partial charge in [-0.1, -0.05) is 91.0 Å². The van der Waals surface area contributed by atoms with Crippen LogP contribution in [-0.4, -0.2) is 0 Å². The molecule has 0 radical (unpaired) electrons. The molecule has 6 nitrogen and oxygen atoms in total. The molecule has 0 saturated heterocycles. The summed E-state index contributed by atoms with van der Waals surface area (Å²) < 4.78 is 25.7. The number of nitrogens with zero attached hydrogens (tertiary/aromatic N) is 1. The Hall–Kier alpha value is -8.22. The molecule has 0 amide bonds. The average Bonchev–Trinajstić information content (AvgIpc) is 4.13. The van der Waals surface area contributed by atoms with E-state index in [2.05, 4.69) is 156 Å². The van der Waals surface area contributed by atoms with E-state index in [9.17, 15) is 0 Å². The molecule has 61 heavy (non-hydrogen) atoms. The van der Waals surface area contributed by atoms with E-state index in [1.165, 1.54) is 5.56 Å². The Morgan fingerprint density at radius 2 is 0.770 bits per heavy atom. The Labute approximate surface area is 347 Å². The average molecular weight is 785 g/mol. The van der Waals surface area contributed by atoms with E-state index < -0.39 is 0 Å². The van der Waals surface area contributed by atoms with Crippen LogP contribution < -0.4 is 10.2 Å². The number of furan rings is 4. The van der Waals surface area contributed by atoms with Gasteiger partial charge in [-0.05, 0) is 119 Å². The highest BCUT2D eigenvalue weighted by molar-refractivity contribution is 6.17. The second-order valence-electron chi connectivity index (χ2n) is 16.1. The van der Waals surface area contributed by atoms with E-state index in [0.717, 1.165) is 127 Å². The first-order valence-corrected chi connectivity index (χ1v) is 20.6. The SMILES string of the molecule is c1ccc(C2Nc3ccccc3N2c2cc(-c3ccc4oc5cc6c(cc5c4c3)oc3ccccc36)cc(-c3ccc4oc5cc6c(cc5c4c3)oc3ccccc36)c2)cc1. The van der Waals surface area contributed by atoms with Gasteiger partial charge in [0, 0.05) is 48.8 Å². The van der Waals surface area contributed by atoms with Crippen molar-refractivity contribution in [1.29, 1.82) is 0 Å². The number of rotatable bonds is 4. The zero-order valence-corrected chi connectivity index (χ0v) is 32.5. The van der Waals surface area contributed by atoms with Crippen LogP contribution in [0.1, 0.15) is 11.7 Å². The Kier molecular flexibility index (Phi) is 6.52. The quantitative estimate of drug-likeness (QED) is 0.192. The first-order chi connectivity index (χ1) is 30.2. The van der Waals surface area contributed by atoms with E-state index in [1.54, 1.807) is 0 Å². The molecular formula is C55H32N2O4. The smallest absolute Gasteiger partial charge is 0.136 e. The van der Waals surface area contributed by atoms with Gasteiger partial charge < -0.3 is 27.9 Å². The molecule has 1 aliphatic rings. The third-order valence-corrected chi connectivity index (χ3v) is 12.6. The Bertz CT molecular complexity index is 3740. The van der Waals surface area contributed by atoms with Gasteiger partial charge in [-0.2, -0.15) is 0 Å². The molecule has 1 unspecified atom stereocenters. The lowest BCUT2D eigenvalue weighted by Gasteiger charge is -2.28. The van der Waals surface area contributed by atoms with Crippen LogP contribution in [0.3, 0.4) is 0 Å². The summed E-state index contributed by atoms with van der Waals surface area (Å²) in [5.41, 5.74) is 15.6. The highest BCUT2D eigenvalue weighted by Gasteiger charge is 2.31. The van der Waals surface area contributed by atoms with Crippen molar-refractivity contribution in [1.82, 2.24) is 0 Å². The zero-order chi connectivity index (χ0) is 39.8. The molecule has 1 N–H and O–H groups in total. The number of nitrogens with one attached hydrogen (secondary N) is 1.